The number of nitriles is 2. The molecule has 0 bridgehead atoms. The van der Waals surface area contributed by atoms with E-state index in [0.29, 0.717) is 11.4 Å². The van der Waals surface area contributed by atoms with Crippen molar-refractivity contribution in [3.63, 3.8) is 0 Å². The SMILES string of the molecule is Cc1nc(C#N)c(C#N)nc1/C=C/c1ccc(N(C)C)cc1. The van der Waals surface area contributed by atoms with Crippen LogP contribution in [0.15, 0.2) is 24.3 Å². The maximum absolute atomic E-state index is 9.00. The molecule has 5 heteroatoms. The average molecular weight is 289 g/mol. The Balaban J connectivity index is 2.31. The molecular weight excluding hydrogens is 274 g/mol. The van der Waals surface area contributed by atoms with E-state index >= 15 is 0 Å². The van der Waals surface area contributed by atoms with Crippen LogP contribution in [0.5, 0.6) is 0 Å². The van der Waals surface area contributed by atoms with E-state index < -0.39 is 0 Å². The molecule has 2 aromatic rings. The fourth-order valence-electron chi connectivity index (χ4n) is 1.90. The van der Waals surface area contributed by atoms with Crippen LogP contribution in [0.1, 0.15) is 28.3 Å². The van der Waals surface area contributed by atoms with Crippen molar-refractivity contribution < 1.29 is 0 Å². The van der Waals surface area contributed by atoms with E-state index in [2.05, 4.69) is 9.97 Å². The minimum absolute atomic E-state index is 0.0516. The summed E-state index contributed by atoms with van der Waals surface area (Å²) in [5.74, 6) is 0. The first-order valence-corrected chi connectivity index (χ1v) is 6.69. The standard InChI is InChI=1S/C17H15N5/c1-12-15(21-17(11-19)16(10-18)20-12)9-6-13-4-7-14(8-5-13)22(2)3/h4-9H,1-3H3/b9-6+. The molecule has 2 rings (SSSR count). The monoisotopic (exact) mass is 289 g/mol. The summed E-state index contributed by atoms with van der Waals surface area (Å²) in [5, 5.41) is 17.9. The molecule has 0 N–H and O–H groups in total. The lowest BCUT2D eigenvalue weighted by atomic mass is 10.1. The topological polar surface area (TPSA) is 76.6 Å². The predicted molar refractivity (Wildman–Crippen MR) is 85.9 cm³/mol. The highest BCUT2D eigenvalue weighted by Gasteiger charge is 2.08. The predicted octanol–water partition coefficient (Wildman–Crippen LogP) is 2.76. The van der Waals surface area contributed by atoms with Crippen molar-refractivity contribution in [2.45, 2.75) is 6.92 Å². The van der Waals surface area contributed by atoms with E-state index in [1.807, 2.05) is 61.5 Å². The molecule has 0 amide bonds. The molecule has 0 radical (unpaired) electrons. The molecule has 0 fully saturated rings. The van der Waals surface area contributed by atoms with Gasteiger partial charge in [0, 0.05) is 19.8 Å². The van der Waals surface area contributed by atoms with Crippen LogP contribution in [0.4, 0.5) is 5.69 Å². The number of anilines is 1. The molecule has 108 valence electrons. The summed E-state index contributed by atoms with van der Waals surface area (Å²) in [6.07, 6.45) is 3.71. The third-order valence-corrected chi connectivity index (χ3v) is 3.16. The number of benzene rings is 1. The van der Waals surface area contributed by atoms with Crippen LogP contribution in [0.25, 0.3) is 12.2 Å². The van der Waals surface area contributed by atoms with Crippen LogP contribution in [0, 0.1) is 29.6 Å². The Morgan fingerprint density at radius 1 is 0.955 bits per heavy atom. The Bertz CT molecular complexity index is 790. The van der Waals surface area contributed by atoms with Crippen LogP contribution in [-0.2, 0) is 0 Å². The number of aryl methyl sites for hydroxylation is 1. The molecule has 1 heterocycles. The van der Waals surface area contributed by atoms with Gasteiger partial charge < -0.3 is 4.90 Å². The van der Waals surface area contributed by atoms with Gasteiger partial charge in [-0.3, -0.25) is 0 Å². The molecule has 0 atom stereocenters. The lowest BCUT2D eigenvalue weighted by Gasteiger charge is -2.11. The Kier molecular flexibility index (Phi) is 4.50. The number of rotatable bonds is 3. The first kappa shape index (κ1) is 15.2. The number of aromatic nitrogens is 2. The summed E-state index contributed by atoms with van der Waals surface area (Å²) < 4.78 is 0. The number of hydrogen-bond donors (Lipinski definition) is 0. The molecule has 0 saturated carbocycles. The normalized spacial score (nSPS) is 10.2. The lowest BCUT2D eigenvalue weighted by molar-refractivity contribution is 1.05. The van der Waals surface area contributed by atoms with Gasteiger partial charge in [0.25, 0.3) is 0 Å². The summed E-state index contributed by atoms with van der Waals surface area (Å²) in [4.78, 5) is 10.3. The third kappa shape index (κ3) is 3.28. The fraction of sp³-hybridized carbons (Fsp3) is 0.176. The zero-order chi connectivity index (χ0) is 16.1. The Morgan fingerprint density at radius 2 is 1.55 bits per heavy atom. The highest BCUT2D eigenvalue weighted by molar-refractivity contribution is 5.70. The number of hydrogen-bond acceptors (Lipinski definition) is 5. The van der Waals surface area contributed by atoms with Gasteiger partial charge >= 0.3 is 0 Å². The zero-order valence-corrected chi connectivity index (χ0v) is 12.7. The smallest absolute Gasteiger partial charge is 0.177 e. The van der Waals surface area contributed by atoms with E-state index in [4.69, 9.17) is 10.5 Å². The van der Waals surface area contributed by atoms with Crippen molar-refractivity contribution in [1.29, 1.82) is 10.5 Å². The van der Waals surface area contributed by atoms with Gasteiger partial charge in [0.2, 0.25) is 0 Å². The molecule has 22 heavy (non-hydrogen) atoms. The second kappa shape index (κ2) is 6.51. The zero-order valence-electron chi connectivity index (χ0n) is 12.7. The number of nitrogens with zero attached hydrogens (tertiary/aromatic N) is 5. The molecular formula is C17H15N5. The quantitative estimate of drug-likeness (QED) is 0.868. The summed E-state index contributed by atoms with van der Waals surface area (Å²) in [6.45, 7) is 1.77. The van der Waals surface area contributed by atoms with Crippen molar-refractivity contribution in [3.8, 4) is 12.1 Å². The van der Waals surface area contributed by atoms with E-state index in [0.717, 1.165) is 11.3 Å². The molecule has 1 aromatic carbocycles. The van der Waals surface area contributed by atoms with Gasteiger partial charge in [0.05, 0.1) is 11.4 Å². The first-order valence-electron chi connectivity index (χ1n) is 6.69. The molecule has 5 nitrogen and oxygen atoms in total. The van der Waals surface area contributed by atoms with Crippen LogP contribution in [0.3, 0.4) is 0 Å². The van der Waals surface area contributed by atoms with Gasteiger partial charge in [-0.2, -0.15) is 10.5 Å². The van der Waals surface area contributed by atoms with Gasteiger partial charge in [-0.15, -0.1) is 0 Å². The van der Waals surface area contributed by atoms with Crippen molar-refractivity contribution >= 4 is 17.8 Å². The van der Waals surface area contributed by atoms with Crippen molar-refractivity contribution in [1.82, 2.24) is 9.97 Å². The van der Waals surface area contributed by atoms with Crippen LogP contribution < -0.4 is 4.90 Å². The molecule has 1 aromatic heterocycles. The molecule has 0 saturated heterocycles. The second-order valence-corrected chi connectivity index (χ2v) is 4.93. The second-order valence-electron chi connectivity index (χ2n) is 4.93. The molecule has 0 aliphatic rings. The van der Waals surface area contributed by atoms with Gasteiger partial charge in [-0.1, -0.05) is 18.2 Å². The highest BCUT2D eigenvalue weighted by Crippen LogP contribution is 2.15. The third-order valence-electron chi connectivity index (χ3n) is 3.16. The Labute approximate surface area is 129 Å². The molecule has 0 aliphatic heterocycles. The van der Waals surface area contributed by atoms with Gasteiger partial charge in [0.15, 0.2) is 11.4 Å². The summed E-state index contributed by atoms with van der Waals surface area (Å²) in [7, 11) is 3.98. The van der Waals surface area contributed by atoms with Gasteiger partial charge in [-0.25, -0.2) is 9.97 Å². The fourth-order valence-corrected chi connectivity index (χ4v) is 1.90. The van der Waals surface area contributed by atoms with Gasteiger partial charge in [-0.05, 0) is 30.7 Å². The lowest BCUT2D eigenvalue weighted by Crippen LogP contribution is -2.07. The van der Waals surface area contributed by atoms with E-state index in [1.54, 1.807) is 13.0 Å². The minimum atomic E-state index is 0.0516. The maximum atomic E-state index is 9.00. The van der Waals surface area contributed by atoms with Crippen LogP contribution in [-0.4, -0.2) is 24.1 Å². The maximum Gasteiger partial charge on any atom is 0.177 e. The van der Waals surface area contributed by atoms with Crippen LogP contribution >= 0.6 is 0 Å². The molecule has 0 unspecified atom stereocenters. The highest BCUT2D eigenvalue weighted by atomic mass is 15.1. The van der Waals surface area contributed by atoms with Crippen molar-refractivity contribution in [3.05, 3.63) is 52.6 Å². The average Bonchev–Trinajstić information content (AvgIpc) is 2.53. The summed E-state index contributed by atoms with van der Waals surface area (Å²) >= 11 is 0. The minimum Gasteiger partial charge on any atom is -0.378 e. The van der Waals surface area contributed by atoms with Crippen molar-refractivity contribution in [2.75, 3.05) is 19.0 Å². The first-order chi connectivity index (χ1) is 10.5. The Morgan fingerprint density at radius 3 is 2.09 bits per heavy atom. The van der Waals surface area contributed by atoms with E-state index in [1.165, 1.54) is 0 Å². The molecule has 0 aliphatic carbocycles. The Hall–Kier alpha value is -3.18. The van der Waals surface area contributed by atoms with Crippen LogP contribution in [0.2, 0.25) is 0 Å². The molecule has 0 spiro atoms. The summed E-state index contributed by atoms with van der Waals surface area (Å²) in [5.41, 5.74) is 3.47. The van der Waals surface area contributed by atoms with E-state index in [-0.39, 0.29) is 11.4 Å². The van der Waals surface area contributed by atoms with Gasteiger partial charge in [0.1, 0.15) is 12.1 Å². The van der Waals surface area contributed by atoms with E-state index in [9.17, 15) is 0 Å². The van der Waals surface area contributed by atoms with Crippen molar-refractivity contribution in [2.24, 2.45) is 0 Å². The summed E-state index contributed by atoms with van der Waals surface area (Å²) in [6, 6.07) is 11.8. The largest absolute Gasteiger partial charge is 0.378 e.